The van der Waals surface area contributed by atoms with Crippen LogP contribution in [0.1, 0.15) is 43.9 Å². The molecule has 2 atom stereocenters. The molecule has 98 valence electrons. The van der Waals surface area contributed by atoms with E-state index in [0.29, 0.717) is 6.42 Å². The van der Waals surface area contributed by atoms with Gasteiger partial charge in [-0.1, -0.05) is 38.1 Å². The van der Waals surface area contributed by atoms with Gasteiger partial charge in [0.1, 0.15) is 0 Å². The minimum absolute atomic E-state index is 0.0463. The van der Waals surface area contributed by atoms with Gasteiger partial charge in [0, 0.05) is 12.3 Å². The molecule has 1 aromatic carbocycles. The Balaban J connectivity index is 2.12. The molecule has 0 bridgehead atoms. The normalized spacial score (nSPS) is 22.0. The number of hydrogen-bond donors (Lipinski definition) is 2. The van der Waals surface area contributed by atoms with E-state index in [0.717, 1.165) is 24.0 Å². The fourth-order valence-corrected chi connectivity index (χ4v) is 2.68. The Morgan fingerprint density at radius 3 is 2.72 bits per heavy atom. The maximum absolute atomic E-state index is 12.1. The third-order valence-corrected chi connectivity index (χ3v) is 3.86. The van der Waals surface area contributed by atoms with E-state index in [-0.39, 0.29) is 17.9 Å². The summed E-state index contributed by atoms with van der Waals surface area (Å²) in [4.78, 5) is 12.1. The van der Waals surface area contributed by atoms with Crippen molar-refractivity contribution in [3.63, 3.8) is 0 Å². The van der Waals surface area contributed by atoms with Gasteiger partial charge in [0.25, 0.3) is 0 Å². The highest BCUT2D eigenvalue weighted by Crippen LogP contribution is 2.31. The van der Waals surface area contributed by atoms with Crippen molar-refractivity contribution in [2.24, 2.45) is 5.92 Å². The van der Waals surface area contributed by atoms with Gasteiger partial charge < -0.3 is 10.4 Å². The lowest BCUT2D eigenvalue weighted by Gasteiger charge is -2.21. The Bertz CT molecular complexity index is 426. The first-order chi connectivity index (χ1) is 8.67. The molecule has 1 aliphatic rings. The van der Waals surface area contributed by atoms with Crippen molar-refractivity contribution in [3.05, 3.63) is 35.4 Å². The van der Waals surface area contributed by atoms with E-state index in [1.165, 1.54) is 0 Å². The topological polar surface area (TPSA) is 49.3 Å². The molecule has 2 N–H and O–H groups in total. The number of fused-ring (bicyclic) bond motifs is 1. The summed E-state index contributed by atoms with van der Waals surface area (Å²) in [6.45, 7) is 4.04. The molecule has 0 aromatic heterocycles. The molecule has 3 nitrogen and oxygen atoms in total. The molecule has 18 heavy (non-hydrogen) atoms. The van der Waals surface area contributed by atoms with Gasteiger partial charge in [0.05, 0.1) is 12.1 Å². The number of benzene rings is 1. The zero-order chi connectivity index (χ0) is 13.1. The van der Waals surface area contributed by atoms with Gasteiger partial charge in [-0.15, -0.1) is 0 Å². The lowest BCUT2D eigenvalue weighted by Crippen LogP contribution is -2.37. The van der Waals surface area contributed by atoms with Crippen LogP contribution in [0.25, 0.3) is 0 Å². The van der Waals surface area contributed by atoms with Crippen LogP contribution >= 0.6 is 0 Å². The summed E-state index contributed by atoms with van der Waals surface area (Å²) >= 11 is 0. The maximum Gasteiger partial charge on any atom is 0.223 e. The van der Waals surface area contributed by atoms with Crippen LogP contribution in [0.5, 0.6) is 0 Å². The summed E-state index contributed by atoms with van der Waals surface area (Å²) in [6.07, 6.45) is 1.81. The molecule has 1 aromatic rings. The number of aliphatic hydroxyl groups excluding tert-OH is 1. The second kappa shape index (κ2) is 5.53. The molecule has 0 saturated heterocycles. The summed E-state index contributed by atoms with van der Waals surface area (Å²) in [7, 11) is 0. The molecule has 0 radical (unpaired) electrons. The van der Waals surface area contributed by atoms with Crippen molar-refractivity contribution < 1.29 is 9.90 Å². The minimum Gasteiger partial charge on any atom is -0.390 e. The molecule has 1 aliphatic carbocycles. The number of carbonyl (C=O) groups is 1. The van der Waals surface area contributed by atoms with E-state index in [1.807, 2.05) is 38.1 Å². The van der Waals surface area contributed by atoms with Crippen molar-refractivity contribution in [3.8, 4) is 0 Å². The van der Waals surface area contributed by atoms with Gasteiger partial charge in [-0.2, -0.15) is 0 Å². The molecular formula is C15H21NO2. The van der Waals surface area contributed by atoms with Crippen LogP contribution in [0, 0.1) is 5.92 Å². The Morgan fingerprint density at radius 2 is 2.06 bits per heavy atom. The molecule has 2 unspecified atom stereocenters. The van der Waals surface area contributed by atoms with Crippen LogP contribution in [-0.4, -0.2) is 17.1 Å². The lowest BCUT2D eigenvalue weighted by atomic mass is 10.0. The molecule has 0 fully saturated rings. The van der Waals surface area contributed by atoms with Crippen molar-refractivity contribution in [2.75, 3.05) is 0 Å². The van der Waals surface area contributed by atoms with Crippen molar-refractivity contribution >= 4 is 5.91 Å². The summed E-state index contributed by atoms with van der Waals surface area (Å²) in [5.41, 5.74) is 2.20. The SMILES string of the molecule is CCC(CC)C(=O)NC1c2ccccc2CC1O. The predicted octanol–water partition coefficient (Wildman–Crippen LogP) is 2.20. The van der Waals surface area contributed by atoms with Gasteiger partial charge >= 0.3 is 0 Å². The fraction of sp³-hybridized carbons (Fsp3) is 0.533. The average molecular weight is 247 g/mol. The van der Waals surface area contributed by atoms with Crippen LogP contribution in [0.2, 0.25) is 0 Å². The Labute approximate surface area is 108 Å². The van der Waals surface area contributed by atoms with Crippen LogP contribution < -0.4 is 5.32 Å². The fourth-order valence-electron chi connectivity index (χ4n) is 2.68. The average Bonchev–Trinajstić information content (AvgIpc) is 2.68. The van der Waals surface area contributed by atoms with Gasteiger partial charge in [-0.3, -0.25) is 4.79 Å². The first-order valence-electron chi connectivity index (χ1n) is 6.73. The lowest BCUT2D eigenvalue weighted by molar-refractivity contribution is -0.126. The Hall–Kier alpha value is -1.35. The largest absolute Gasteiger partial charge is 0.390 e. The predicted molar refractivity (Wildman–Crippen MR) is 71.1 cm³/mol. The summed E-state index contributed by atoms with van der Waals surface area (Å²) in [5, 5.41) is 13.1. The second-order valence-corrected chi connectivity index (χ2v) is 4.97. The first kappa shape index (κ1) is 13.1. The van der Waals surface area contributed by atoms with Crippen LogP contribution in [-0.2, 0) is 11.2 Å². The second-order valence-electron chi connectivity index (χ2n) is 4.97. The molecule has 0 saturated carbocycles. The number of amides is 1. The quantitative estimate of drug-likeness (QED) is 0.857. The van der Waals surface area contributed by atoms with E-state index in [9.17, 15) is 9.90 Å². The van der Waals surface area contributed by atoms with E-state index >= 15 is 0 Å². The van der Waals surface area contributed by atoms with Crippen LogP contribution in [0.4, 0.5) is 0 Å². The van der Waals surface area contributed by atoms with E-state index in [2.05, 4.69) is 5.32 Å². The number of hydrogen-bond acceptors (Lipinski definition) is 2. The van der Waals surface area contributed by atoms with Crippen molar-refractivity contribution in [1.29, 1.82) is 0 Å². The van der Waals surface area contributed by atoms with Gasteiger partial charge in [-0.05, 0) is 24.0 Å². The third kappa shape index (κ3) is 2.41. The Kier molecular flexibility index (Phi) is 4.02. The maximum atomic E-state index is 12.1. The highest BCUT2D eigenvalue weighted by Gasteiger charge is 2.32. The first-order valence-corrected chi connectivity index (χ1v) is 6.73. The molecule has 1 amide bonds. The van der Waals surface area contributed by atoms with E-state index < -0.39 is 6.10 Å². The zero-order valence-electron chi connectivity index (χ0n) is 11.0. The highest BCUT2D eigenvalue weighted by molar-refractivity contribution is 5.79. The monoisotopic (exact) mass is 247 g/mol. The van der Waals surface area contributed by atoms with Crippen LogP contribution in [0.3, 0.4) is 0 Å². The van der Waals surface area contributed by atoms with Crippen LogP contribution in [0.15, 0.2) is 24.3 Å². The van der Waals surface area contributed by atoms with E-state index in [4.69, 9.17) is 0 Å². The molecule has 0 heterocycles. The summed E-state index contributed by atoms with van der Waals surface area (Å²) < 4.78 is 0. The molecular weight excluding hydrogens is 226 g/mol. The van der Waals surface area contributed by atoms with Gasteiger partial charge in [0.2, 0.25) is 5.91 Å². The summed E-state index contributed by atoms with van der Waals surface area (Å²) in [6, 6.07) is 7.68. The highest BCUT2D eigenvalue weighted by atomic mass is 16.3. The summed E-state index contributed by atoms with van der Waals surface area (Å²) in [5.74, 6) is 0.103. The minimum atomic E-state index is -0.499. The van der Waals surface area contributed by atoms with Crippen molar-refractivity contribution in [1.82, 2.24) is 5.32 Å². The molecule has 0 spiro atoms. The number of carbonyl (C=O) groups excluding carboxylic acids is 1. The van der Waals surface area contributed by atoms with E-state index in [1.54, 1.807) is 0 Å². The van der Waals surface area contributed by atoms with Gasteiger partial charge in [-0.25, -0.2) is 0 Å². The standard InChI is InChI=1S/C15H21NO2/c1-3-10(4-2)15(18)16-14-12-8-6-5-7-11(12)9-13(14)17/h5-8,10,13-14,17H,3-4,9H2,1-2H3,(H,16,18). The smallest absolute Gasteiger partial charge is 0.223 e. The number of rotatable bonds is 4. The molecule has 2 rings (SSSR count). The van der Waals surface area contributed by atoms with Crippen molar-refractivity contribution in [2.45, 2.75) is 45.3 Å². The zero-order valence-corrected chi connectivity index (χ0v) is 11.0. The van der Waals surface area contributed by atoms with Gasteiger partial charge in [0.15, 0.2) is 0 Å². The molecule has 3 heteroatoms. The third-order valence-electron chi connectivity index (χ3n) is 3.86. The Morgan fingerprint density at radius 1 is 1.39 bits per heavy atom. The number of aliphatic hydroxyl groups is 1. The molecule has 0 aliphatic heterocycles. The number of nitrogens with one attached hydrogen (secondary N) is 1.